The maximum atomic E-state index is 7.05. The summed E-state index contributed by atoms with van der Waals surface area (Å²) in [4.78, 5) is 0. The molecule has 2 aromatic carbocycles. The van der Waals surface area contributed by atoms with Crippen molar-refractivity contribution in [2.24, 2.45) is 11.8 Å². The molecule has 4 rings (SSSR count). The van der Waals surface area contributed by atoms with Crippen molar-refractivity contribution in [2.75, 3.05) is 13.2 Å². The highest BCUT2D eigenvalue weighted by Gasteiger charge is 2.51. The maximum absolute atomic E-state index is 7.05. The number of rotatable bonds is 5. The van der Waals surface area contributed by atoms with Crippen LogP contribution in [0.1, 0.15) is 33.6 Å². The number of hydrogen-bond acceptors (Lipinski definition) is 2. The molecule has 1 aliphatic heterocycles. The van der Waals surface area contributed by atoms with Crippen LogP contribution in [0.25, 0.3) is 0 Å². The fraction of sp³-hybridized carbons (Fsp3) is 0.478. The minimum Gasteiger partial charge on any atom is -0.406 e. The van der Waals surface area contributed by atoms with Gasteiger partial charge in [0, 0.05) is 6.04 Å². The summed E-state index contributed by atoms with van der Waals surface area (Å²) in [7, 11) is -2.38. The van der Waals surface area contributed by atoms with E-state index in [9.17, 15) is 0 Å². The molecule has 1 unspecified atom stereocenters. The first-order chi connectivity index (χ1) is 12.5. The number of hydrogen-bond donors (Lipinski definition) is 1. The first-order valence-electron chi connectivity index (χ1n) is 9.99. The average Bonchev–Trinajstić information content (AvgIpc) is 3.42. The second kappa shape index (κ2) is 6.95. The number of benzene rings is 2. The second-order valence-electron chi connectivity index (χ2n) is 9.07. The largest absolute Gasteiger partial charge is 0.406 e. The summed E-state index contributed by atoms with van der Waals surface area (Å²) in [5, 5.41) is 6.54. The zero-order chi connectivity index (χ0) is 18.2. The summed E-state index contributed by atoms with van der Waals surface area (Å²) in [6.07, 6.45) is 2.70. The molecule has 1 saturated heterocycles. The predicted molar refractivity (Wildman–Crippen MR) is 112 cm³/mol. The van der Waals surface area contributed by atoms with Gasteiger partial charge in [0.15, 0.2) is 0 Å². The third-order valence-corrected chi connectivity index (χ3v) is 11.2. The predicted octanol–water partition coefficient (Wildman–Crippen LogP) is 3.56. The summed E-state index contributed by atoms with van der Waals surface area (Å²) in [6, 6.07) is 22.4. The van der Waals surface area contributed by atoms with Gasteiger partial charge in [0.1, 0.15) is 0 Å². The number of nitrogens with one attached hydrogen (secondary N) is 1. The van der Waals surface area contributed by atoms with Gasteiger partial charge in [0.25, 0.3) is 8.32 Å². The molecule has 0 bridgehead atoms. The molecule has 1 heterocycles. The van der Waals surface area contributed by atoms with Crippen molar-refractivity contribution in [1.29, 1.82) is 0 Å². The van der Waals surface area contributed by atoms with Crippen LogP contribution >= 0.6 is 0 Å². The quantitative estimate of drug-likeness (QED) is 0.818. The standard InChI is InChI=1S/C23H31NOSi/c1-23(2,3)26(21-10-6-4-7-11-21,22-12-8-5-9-13-22)25-17-20-15-18-14-19(18)16-24-20/h4-13,18-20,24H,14-17H2,1-3H3/t18?,19-,20-/m0/s1. The van der Waals surface area contributed by atoms with Crippen LogP contribution in [0.3, 0.4) is 0 Å². The molecule has 1 aliphatic carbocycles. The normalized spacial score (nSPS) is 25.6. The van der Waals surface area contributed by atoms with Crippen LogP contribution in [0, 0.1) is 11.8 Å². The van der Waals surface area contributed by atoms with Crippen LogP contribution in [0.5, 0.6) is 0 Å². The molecule has 26 heavy (non-hydrogen) atoms. The zero-order valence-electron chi connectivity index (χ0n) is 16.2. The molecule has 0 radical (unpaired) electrons. The van der Waals surface area contributed by atoms with E-state index in [1.54, 1.807) is 0 Å². The molecule has 0 aromatic heterocycles. The second-order valence-corrected chi connectivity index (χ2v) is 13.4. The van der Waals surface area contributed by atoms with Gasteiger partial charge < -0.3 is 9.74 Å². The van der Waals surface area contributed by atoms with Gasteiger partial charge in [-0.15, -0.1) is 0 Å². The van der Waals surface area contributed by atoms with Crippen molar-refractivity contribution in [3.05, 3.63) is 60.7 Å². The van der Waals surface area contributed by atoms with Crippen LogP contribution in [-0.4, -0.2) is 27.5 Å². The fourth-order valence-corrected chi connectivity index (χ4v) is 9.34. The highest BCUT2D eigenvalue weighted by Crippen LogP contribution is 2.44. The minimum absolute atomic E-state index is 0.0620. The Morgan fingerprint density at radius 3 is 1.96 bits per heavy atom. The Labute approximate surface area is 159 Å². The summed E-state index contributed by atoms with van der Waals surface area (Å²) >= 11 is 0. The lowest BCUT2D eigenvalue weighted by Gasteiger charge is -2.44. The fourth-order valence-electron chi connectivity index (χ4n) is 4.73. The lowest BCUT2D eigenvalue weighted by atomic mass is 10.1. The van der Waals surface area contributed by atoms with E-state index in [4.69, 9.17) is 4.43 Å². The summed E-state index contributed by atoms with van der Waals surface area (Å²) in [5.41, 5.74) is 0. The van der Waals surface area contributed by atoms with E-state index < -0.39 is 8.32 Å². The number of piperidine rings is 1. The Bertz CT molecular complexity index is 685. The molecule has 0 spiro atoms. The third kappa shape index (κ3) is 3.28. The molecule has 3 atom stereocenters. The smallest absolute Gasteiger partial charge is 0.261 e. The van der Waals surface area contributed by atoms with Gasteiger partial charge in [-0.1, -0.05) is 81.4 Å². The third-order valence-electron chi connectivity index (χ3n) is 6.24. The Morgan fingerprint density at radius 1 is 0.885 bits per heavy atom. The van der Waals surface area contributed by atoms with Gasteiger partial charge in [-0.25, -0.2) is 0 Å². The average molecular weight is 366 g/mol. The Balaban J connectivity index is 1.70. The minimum atomic E-state index is -2.38. The Morgan fingerprint density at radius 2 is 1.46 bits per heavy atom. The van der Waals surface area contributed by atoms with Crippen LogP contribution in [0.4, 0.5) is 0 Å². The molecule has 2 aliphatic rings. The summed E-state index contributed by atoms with van der Waals surface area (Å²) in [5.74, 6) is 1.89. The highest BCUT2D eigenvalue weighted by atomic mass is 28.4. The molecule has 1 saturated carbocycles. The van der Waals surface area contributed by atoms with Crippen molar-refractivity contribution in [2.45, 2.75) is 44.7 Å². The number of fused-ring (bicyclic) bond motifs is 1. The van der Waals surface area contributed by atoms with E-state index in [0.29, 0.717) is 6.04 Å². The van der Waals surface area contributed by atoms with Crippen molar-refractivity contribution < 1.29 is 4.43 Å². The summed E-state index contributed by atoms with van der Waals surface area (Å²) in [6.45, 7) is 9.05. The van der Waals surface area contributed by atoms with Gasteiger partial charge in [0.05, 0.1) is 6.61 Å². The topological polar surface area (TPSA) is 21.3 Å². The van der Waals surface area contributed by atoms with E-state index in [2.05, 4.69) is 86.8 Å². The van der Waals surface area contributed by atoms with Gasteiger partial charge >= 0.3 is 0 Å². The van der Waals surface area contributed by atoms with Gasteiger partial charge in [0.2, 0.25) is 0 Å². The summed E-state index contributed by atoms with van der Waals surface area (Å²) < 4.78 is 7.05. The molecule has 1 N–H and O–H groups in total. The Kier molecular flexibility index (Phi) is 4.80. The van der Waals surface area contributed by atoms with Gasteiger partial charge in [-0.3, -0.25) is 0 Å². The first-order valence-corrected chi connectivity index (χ1v) is 11.9. The highest BCUT2D eigenvalue weighted by molar-refractivity contribution is 6.99. The lowest BCUT2D eigenvalue weighted by molar-refractivity contribution is 0.223. The van der Waals surface area contributed by atoms with Gasteiger partial charge in [-0.05, 0) is 46.6 Å². The van der Waals surface area contributed by atoms with Crippen molar-refractivity contribution in [3.8, 4) is 0 Å². The zero-order valence-corrected chi connectivity index (χ0v) is 17.2. The molecule has 2 nitrogen and oxygen atoms in total. The molecule has 2 aromatic rings. The molecule has 138 valence electrons. The monoisotopic (exact) mass is 365 g/mol. The van der Waals surface area contributed by atoms with E-state index in [1.807, 2.05) is 0 Å². The van der Waals surface area contributed by atoms with E-state index in [0.717, 1.165) is 18.4 Å². The Hall–Kier alpha value is -1.42. The SMILES string of the molecule is CC(C)(C)[Si](OC[C@@H]1CC2C[C@H]2CN1)(c1ccccc1)c1ccccc1. The molecular formula is C23H31NOSi. The van der Waals surface area contributed by atoms with Crippen LogP contribution in [0.2, 0.25) is 5.04 Å². The van der Waals surface area contributed by atoms with E-state index in [-0.39, 0.29) is 5.04 Å². The molecule has 0 amide bonds. The lowest BCUT2D eigenvalue weighted by Crippen LogP contribution is -2.67. The van der Waals surface area contributed by atoms with Crippen LogP contribution < -0.4 is 15.7 Å². The first kappa shape index (κ1) is 18.0. The molecular weight excluding hydrogens is 334 g/mol. The van der Waals surface area contributed by atoms with Gasteiger partial charge in [-0.2, -0.15) is 0 Å². The van der Waals surface area contributed by atoms with Crippen molar-refractivity contribution in [1.82, 2.24) is 5.32 Å². The van der Waals surface area contributed by atoms with E-state index in [1.165, 1.54) is 29.8 Å². The maximum Gasteiger partial charge on any atom is 0.261 e. The van der Waals surface area contributed by atoms with Crippen LogP contribution in [-0.2, 0) is 4.43 Å². The van der Waals surface area contributed by atoms with E-state index >= 15 is 0 Å². The van der Waals surface area contributed by atoms with Crippen LogP contribution in [0.15, 0.2) is 60.7 Å². The molecule has 2 fully saturated rings. The molecule has 3 heteroatoms. The van der Waals surface area contributed by atoms with Crippen molar-refractivity contribution >= 4 is 18.7 Å². The van der Waals surface area contributed by atoms with Crippen molar-refractivity contribution in [3.63, 3.8) is 0 Å².